The molecule has 0 aliphatic carbocycles. The number of nitrogens with one attached hydrogen (secondary N) is 1. The van der Waals surface area contributed by atoms with Crippen molar-refractivity contribution >= 4 is 23.3 Å². The standard InChI is InChI=1S/C6H6N2O2.C5H9NO2.C2H5NO2/c7-5-1-3-6(4-2-5)8(9)10;7-5(8)4-2-1-3-6-4;3-1-2(4)5/h1-4H,7H2;4,6H,1-3H2,(H,7,8);1,3H2,(H,4,5)/t;4-;/m.0./s1. The van der Waals surface area contributed by atoms with Gasteiger partial charge in [-0.25, -0.2) is 0 Å². The van der Waals surface area contributed by atoms with E-state index in [1.165, 1.54) is 24.3 Å². The van der Waals surface area contributed by atoms with E-state index in [-0.39, 0.29) is 18.3 Å². The van der Waals surface area contributed by atoms with E-state index in [0.29, 0.717) is 5.69 Å². The van der Waals surface area contributed by atoms with Gasteiger partial charge < -0.3 is 27.0 Å². The monoisotopic (exact) mass is 328 g/mol. The third-order valence-corrected chi connectivity index (χ3v) is 2.64. The third kappa shape index (κ3) is 9.77. The van der Waals surface area contributed by atoms with Crippen LogP contribution in [0.25, 0.3) is 0 Å². The van der Waals surface area contributed by atoms with Gasteiger partial charge in [-0.1, -0.05) is 0 Å². The molecule has 1 aliphatic heterocycles. The van der Waals surface area contributed by atoms with Crippen molar-refractivity contribution in [2.24, 2.45) is 5.73 Å². The minimum Gasteiger partial charge on any atom is -0.480 e. The predicted octanol–water partition coefficient (Wildman–Crippen LogP) is 0.0297. The molecule has 128 valence electrons. The van der Waals surface area contributed by atoms with Crippen molar-refractivity contribution in [3.8, 4) is 0 Å². The van der Waals surface area contributed by atoms with Crippen molar-refractivity contribution in [1.29, 1.82) is 0 Å². The highest BCUT2D eigenvalue weighted by Gasteiger charge is 2.20. The SMILES string of the molecule is NCC(=O)O.Nc1ccc([N+](=O)[O-])cc1.O=C(O)[C@@H]1CCCN1. The Hall–Kier alpha value is -2.72. The molecule has 10 heteroatoms. The molecule has 23 heavy (non-hydrogen) atoms. The van der Waals surface area contributed by atoms with Gasteiger partial charge in [0.05, 0.1) is 11.5 Å². The molecule has 1 fully saturated rings. The van der Waals surface area contributed by atoms with Gasteiger partial charge in [0.1, 0.15) is 6.04 Å². The van der Waals surface area contributed by atoms with E-state index < -0.39 is 16.9 Å². The smallest absolute Gasteiger partial charge is 0.320 e. The highest BCUT2D eigenvalue weighted by molar-refractivity contribution is 5.73. The van der Waals surface area contributed by atoms with E-state index in [1.807, 2.05) is 0 Å². The lowest BCUT2D eigenvalue weighted by Gasteiger charge is -1.99. The maximum Gasteiger partial charge on any atom is 0.320 e. The van der Waals surface area contributed by atoms with Crippen molar-refractivity contribution in [2.45, 2.75) is 18.9 Å². The first-order chi connectivity index (χ1) is 10.8. The summed E-state index contributed by atoms with van der Waals surface area (Å²) in [6, 6.07) is 5.47. The van der Waals surface area contributed by atoms with Crippen molar-refractivity contribution in [2.75, 3.05) is 18.8 Å². The van der Waals surface area contributed by atoms with Crippen molar-refractivity contribution in [3.05, 3.63) is 34.4 Å². The normalized spacial score (nSPS) is 15.4. The number of nitrogen functional groups attached to an aromatic ring is 1. The largest absolute Gasteiger partial charge is 0.480 e. The molecule has 0 unspecified atom stereocenters. The maximum absolute atomic E-state index is 10.1. The van der Waals surface area contributed by atoms with Crippen LogP contribution in [-0.2, 0) is 9.59 Å². The number of aliphatic carboxylic acids is 2. The van der Waals surface area contributed by atoms with Crippen LogP contribution in [0.15, 0.2) is 24.3 Å². The number of nitrogens with zero attached hydrogens (tertiary/aromatic N) is 1. The number of non-ortho nitro benzene ring substituents is 1. The summed E-state index contributed by atoms with van der Waals surface area (Å²) in [7, 11) is 0. The Bertz CT molecular complexity index is 514. The van der Waals surface area contributed by atoms with E-state index in [4.69, 9.17) is 15.9 Å². The zero-order chi connectivity index (χ0) is 17.8. The molecule has 1 atom stereocenters. The highest BCUT2D eigenvalue weighted by Crippen LogP contribution is 2.12. The summed E-state index contributed by atoms with van der Waals surface area (Å²) in [6.45, 7) is 0.580. The summed E-state index contributed by atoms with van der Waals surface area (Å²) in [5.41, 5.74) is 10.5. The lowest BCUT2D eigenvalue weighted by Crippen LogP contribution is -2.29. The molecule has 7 N–H and O–H groups in total. The van der Waals surface area contributed by atoms with Gasteiger partial charge in [0, 0.05) is 17.8 Å². The van der Waals surface area contributed by atoms with Crippen LogP contribution in [0.3, 0.4) is 0 Å². The van der Waals surface area contributed by atoms with Gasteiger partial charge in [-0.15, -0.1) is 0 Å². The first kappa shape index (κ1) is 20.3. The zero-order valence-electron chi connectivity index (χ0n) is 12.3. The second-order valence-corrected chi connectivity index (χ2v) is 4.43. The summed E-state index contributed by atoms with van der Waals surface area (Å²) in [5, 5.41) is 28.9. The van der Waals surface area contributed by atoms with Gasteiger partial charge in [-0.2, -0.15) is 0 Å². The lowest BCUT2D eigenvalue weighted by molar-refractivity contribution is -0.384. The number of rotatable bonds is 3. The molecular formula is C13H20N4O6. The van der Waals surface area contributed by atoms with Crippen LogP contribution in [0.2, 0.25) is 0 Å². The molecule has 0 aromatic heterocycles. The van der Waals surface area contributed by atoms with Crippen LogP contribution in [0.4, 0.5) is 11.4 Å². The Balaban J connectivity index is 0.000000335. The number of nitrogens with two attached hydrogens (primary N) is 2. The van der Waals surface area contributed by atoms with Crippen molar-refractivity contribution in [3.63, 3.8) is 0 Å². The van der Waals surface area contributed by atoms with Crippen LogP contribution >= 0.6 is 0 Å². The molecule has 1 heterocycles. The van der Waals surface area contributed by atoms with Crippen molar-refractivity contribution < 1.29 is 24.7 Å². The first-order valence-electron chi connectivity index (χ1n) is 6.66. The summed E-state index contributed by atoms with van der Waals surface area (Å²) in [6.07, 6.45) is 1.78. The molecule has 0 radical (unpaired) electrons. The molecule has 1 saturated heterocycles. The molecule has 1 aromatic carbocycles. The fraction of sp³-hybridized carbons (Fsp3) is 0.385. The Morgan fingerprint density at radius 1 is 1.30 bits per heavy atom. The molecular weight excluding hydrogens is 308 g/mol. The minimum absolute atomic E-state index is 0.0641. The number of anilines is 1. The fourth-order valence-corrected chi connectivity index (χ4v) is 1.49. The number of hydrogen-bond donors (Lipinski definition) is 5. The predicted molar refractivity (Wildman–Crippen MR) is 82.9 cm³/mol. The van der Waals surface area contributed by atoms with Gasteiger partial charge in [0.15, 0.2) is 0 Å². The summed E-state index contributed by atoms with van der Waals surface area (Å²) in [5.74, 6) is -1.69. The molecule has 0 spiro atoms. The number of carbonyl (C=O) groups is 2. The first-order valence-corrected chi connectivity index (χ1v) is 6.66. The van der Waals surface area contributed by atoms with E-state index in [9.17, 15) is 19.7 Å². The molecule has 2 rings (SSSR count). The van der Waals surface area contributed by atoms with Crippen molar-refractivity contribution in [1.82, 2.24) is 5.32 Å². The molecule has 0 amide bonds. The van der Waals surface area contributed by atoms with Crippen LogP contribution in [-0.4, -0.2) is 46.2 Å². The van der Waals surface area contributed by atoms with Gasteiger partial charge in [0.25, 0.3) is 5.69 Å². The van der Waals surface area contributed by atoms with E-state index >= 15 is 0 Å². The Labute approximate surface area is 132 Å². The number of benzene rings is 1. The van der Waals surface area contributed by atoms with Gasteiger partial charge in [-0.3, -0.25) is 19.7 Å². The Kier molecular flexibility index (Phi) is 9.64. The topological polar surface area (TPSA) is 182 Å². The second-order valence-electron chi connectivity index (χ2n) is 4.43. The van der Waals surface area contributed by atoms with Crippen LogP contribution in [0.5, 0.6) is 0 Å². The number of carboxylic acid groups (broad SMARTS) is 2. The Morgan fingerprint density at radius 2 is 1.83 bits per heavy atom. The molecule has 1 aliphatic rings. The summed E-state index contributed by atoms with van der Waals surface area (Å²) >= 11 is 0. The quantitative estimate of drug-likeness (QED) is 0.290. The average Bonchev–Trinajstić information content (AvgIpc) is 3.03. The molecule has 10 nitrogen and oxygen atoms in total. The minimum atomic E-state index is -0.968. The summed E-state index contributed by atoms with van der Waals surface area (Å²) < 4.78 is 0. The van der Waals surface area contributed by atoms with E-state index in [1.54, 1.807) is 0 Å². The molecule has 0 bridgehead atoms. The fourth-order valence-electron chi connectivity index (χ4n) is 1.49. The maximum atomic E-state index is 10.1. The third-order valence-electron chi connectivity index (χ3n) is 2.64. The molecule has 0 saturated carbocycles. The Morgan fingerprint density at radius 3 is 2.09 bits per heavy atom. The lowest BCUT2D eigenvalue weighted by atomic mass is 10.2. The number of nitro benzene ring substituents is 1. The highest BCUT2D eigenvalue weighted by atomic mass is 16.6. The zero-order valence-corrected chi connectivity index (χ0v) is 12.3. The molecule has 1 aromatic rings. The number of hydrogen-bond acceptors (Lipinski definition) is 7. The van der Waals surface area contributed by atoms with Crippen LogP contribution in [0, 0.1) is 10.1 Å². The van der Waals surface area contributed by atoms with Gasteiger partial charge in [0.2, 0.25) is 0 Å². The average molecular weight is 328 g/mol. The van der Waals surface area contributed by atoms with E-state index in [0.717, 1.165) is 19.4 Å². The van der Waals surface area contributed by atoms with Crippen LogP contribution < -0.4 is 16.8 Å². The van der Waals surface area contributed by atoms with Gasteiger partial charge >= 0.3 is 11.9 Å². The number of carboxylic acids is 2. The second kappa shape index (κ2) is 10.9. The number of nitro groups is 1. The van der Waals surface area contributed by atoms with Gasteiger partial charge in [-0.05, 0) is 31.5 Å². The van der Waals surface area contributed by atoms with E-state index in [2.05, 4.69) is 11.1 Å². The summed E-state index contributed by atoms with van der Waals surface area (Å²) in [4.78, 5) is 29.0. The van der Waals surface area contributed by atoms with Crippen LogP contribution in [0.1, 0.15) is 12.8 Å².